The second-order valence-electron chi connectivity index (χ2n) is 5.90. The van der Waals surface area contributed by atoms with Gasteiger partial charge in [0, 0.05) is 30.4 Å². The van der Waals surface area contributed by atoms with Crippen LogP contribution in [0.5, 0.6) is 0 Å². The number of benzene rings is 1. The third-order valence-electron chi connectivity index (χ3n) is 4.37. The van der Waals surface area contributed by atoms with Crippen molar-refractivity contribution in [2.45, 2.75) is 30.6 Å². The van der Waals surface area contributed by atoms with E-state index in [1.807, 2.05) is 0 Å². The van der Waals surface area contributed by atoms with E-state index in [9.17, 15) is 13.0 Å². The van der Waals surface area contributed by atoms with Gasteiger partial charge < -0.3 is 4.90 Å². The summed E-state index contributed by atoms with van der Waals surface area (Å²) in [6.45, 7) is 1.84. The molecule has 9 heteroatoms. The number of anilines is 1. The number of nitrogens with zero attached hydrogens (tertiary/aromatic N) is 4. The summed E-state index contributed by atoms with van der Waals surface area (Å²) < 4.78 is 33.9. The van der Waals surface area contributed by atoms with Gasteiger partial charge in [0.1, 0.15) is 10.6 Å². The average molecular weight is 364 g/mol. The van der Waals surface area contributed by atoms with E-state index in [1.165, 1.54) is 11.3 Å². The van der Waals surface area contributed by atoms with Crippen molar-refractivity contribution >= 4 is 38.0 Å². The molecule has 1 aromatic heterocycles. The zero-order valence-electron chi connectivity index (χ0n) is 12.8. The number of thiazole rings is 1. The molecule has 1 aromatic carbocycles. The summed E-state index contributed by atoms with van der Waals surface area (Å²) in [5.74, 6) is 0. The molecule has 3 heterocycles. The molecule has 1 N–H and O–H groups in total. The van der Waals surface area contributed by atoms with Crippen molar-refractivity contribution in [3.63, 3.8) is 0 Å². The van der Waals surface area contributed by atoms with E-state index in [4.69, 9.17) is 0 Å². The van der Waals surface area contributed by atoms with Crippen LogP contribution in [0, 0.1) is 0 Å². The molecule has 2 aliphatic rings. The Morgan fingerprint density at radius 2 is 2.00 bits per heavy atom. The maximum atomic E-state index is 12.0. The third kappa shape index (κ3) is 2.72. The maximum absolute atomic E-state index is 12.0. The summed E-state index contributed by atoms with van der Waals surface area (Å²) in [5.41, 5.74) is 2.92. The van der Waals surface area contributed by atoms with Gasteiger partial charge in [-0.25, -0.2) is 4.98 Å². The van der Waals surface area contributed by atoms with Crippen LogP contribution in [-0.4, -0.2) is 31.0 Å². The summed E-state index contributed by atoms with van der Waals surface area (Å²) >= 11 is 1.31. The van der Waals surface area contributed by atoms with Crippen LogP contribution >= 0.6 is 11.3 Å². The summed E-state index contributed by atoms with van der Waals surface area (Å²) in [6.07, 6.45) is 5.00. The molecule has 0 spiro atoms. The first-order valence-electron chi connectivity index (χ1n) is 7.76. The number of rotatable bonds is 3. The van der Waals surface area contributed by atoms with E-state index in [-0.39, 0.29) is 10.6 Å². The highest BCUT2D eigenvalue weighted by Crippen LogP contribution is 2.43. The lowest BCUT2D eigenvalue weighted by Gasteiger charge is -2.37. The maximum Gasteiger partial charge on any atom is 0.297 e. The molecule has 0 atom stereocenters. The van der Waals surface area contributed by atoms with Gasteiger partial charge in [0.05, 0.1) is 0 Å². The summed E-state index contributed by atoms with van der Waals surface area (Å²) in [5, 5.41) is 10.3. The Kier molecular flexibility index (Phi) is 3.86. The fourth-order valence-corrected chi connectivity index (χ4v) is 4.87. The van der Waals surface area contributed by atoms with E-state index in [0.717, 1.165) is 43.6 Å². The predicted octanol–water partition coefficient (Wildman–Crippen LogP) is 3.50. The van der Waals surface area contributed by atoms with Gasteiger partial charge in [-0.3, -0.25) is 4.55 Å². The number of hydrogen-bond acceptors (Lipinski definition) is 7. The highest BCUT2D eigenvalue weighted by atomic mass is 32.2. The van der Waals surface area contributed by atoms with Gasteiger partial charge in [-0.2, -0.15) is 8.42 Å². The van der Waals surface area contributed by atoms with E-state index in [2.05, 4.69) is 20.1 Å². The Balaban J connectivity index is 1.93. The van der Waals surface area contributed by atoms with Crippen molar-refractivity contribution in [3.8, 4) is 0 Å². The van der Waals surface area contributed by atoms with Crippen molar-refractivity contribution in [2.75, 3.05) is 18.0 Å². The molecular weight excluding hydrogens is 348 g/mol. The first kappa shape index (κ1) is 15.7. The Morgan fingerprint density at radius 3 is 2.71 bits per heavy atom. The first-order chi connectivity index (χ1) is 11.5. The van der Waals surface area contributed by atoms with Crippen LogP contribution in [0.1, 0.15) is 24.0 Å². The zero-order valence-corrected chi connectivity index (χ0v) is 14.5. The van der Waals surface area contributed by atoms with Gasteiger partial charge in [0.2, 0.25) is 5.13 Å². The van der Waals surface area contributed by atoms with Crippen molar-refractivity contribution in [2.24, 2.45) is 10.2 Å². The molecule has 0 bridgehead atoms. The molecule has 2 aromatic rings. The lowest BCUT2D eigenvalue weighted by Crippen LogP contribution is -2.35. The van der Waals surface area contributed by atoms with Gasteiger partial charge in [-0.15, -0.1) is 21.6 Å². The van der Waals surface area contributed by atoms with E-state index >= 15 is 0 Å². The van der Waals surface area contributed by atoms with Crippen LogP contribution in [0.3, 0.4) is 0 Å². The summed E-state index contributed by atoms with van der Waals surface area (Å²) in [7, 11) is -4.39. The molecule has 0 aliphatic carbocycles. The first-order valence-corrected chi connectivity index (χ1v) is 10.1. The average Bonchev–Trinajstić information content (AvgIpc) is 3.05. The predicted molar refractivity (Wildman–Crippen MR) is 91.4 cm³/mol. The third-order valence-corrected chi connectivity index (χ3v) is 6.00. The molecule has 4 rings (SSSR count). The lowest BCUT2D eigenvalue weighted by molar-refractivity contribution is 0.481. The Labute approximate surface area is 143 Å². The molecule has 126 valence electrons. The van der Waals surface area contributed by atoms with Gasteiger partial charge in [-0.05, 0) is 42.9 Å². The molecule has 0 amide bonds. The summed E-state index contributed by atoms with van der Waals surface area (Å²) in [6, 6.07) is 1.75. The molecule has 2 aliphatic heterocycles. The van der Waals surface area contributed by atoms with Crippen LogP contribution in [0.25, 0.3) is 0 Å². The van der Waals surface area contributed by atoms with Crippen molar-refractivity contribution in [1.82, 2.24) is 4.98 Å². The van der Waals surface area contributed by atoms with Crippen molar-refractivity contribution in [1.29, 1.82) is 0 Å². The lowest BCUT2D eigenvalue weighted by atomic mass is 9.91. The van der Waals surface area contributed by atoms with E-state index in [1.54, 1.807) is 17.6 Å². The highest BCUT2D eigenvalue weighted by Gasteiger charge is 2.32. The van der Waals surface area contributed by atoms with Gasteiger partial charge in [0.25, 0.3) is 10.1 Å². The Bertz CT molecular complexity index is 905. The van der Waals surface area contributed by atoms with Crippen LogP contribution in [-0.2, 0) is 23.0 Å². The number of azo groups is 1. The molecule has 0 fully saturated rings. The Morgan fingerprint density at radius 1 is 1.21 bits per heavy atom. The number of hydrogen-bond donors (Lipinski definition) is 1. The topological polar surface area (TPSA) is 95.2 Å². The molecular formula is C15H16N4O3S2. The minimum absolute atomic E-state index is 0.104. The number of aromatic nitrogens is 1. The highest BCUT2D eigenvalue weighted by molar-refractivity contribution is 7.86. The SMILES string of the molecule is O=S(=O)(O)c1c(N=Nc2nccs2)cc2c3c1CCCN3CCC2. The molecule has 7 nitrogen and oxygen atoms in total. The fraction of sp³-hybridized carbons (Fsp3) is 0.400. The quantitative estimate of drug-likeness (QED) is 0.664. The molecule has 0 saturated heterocycles. The largest absolute Gasteiger partial charge is 0.371 e. The van der Waals surface area contributed by atoms with Crippen molar-refractivity contribution in [3.05, 3.63) is 28.8 Å². The molecule has 0 unspecified atom stereocenters. The summed E-state index contributed by atoms with van der Waals surface area (Å²) in [4.78, 5) is 6.13. The van der Waals surface area contributed by atoms with Crippen molar-refractivity contribution < 1.29 is 13.0 Å². The molecule has 24 heavy (non-hydrogen) atoms. The van der Waals surface area contributed by atoms with Crippen LogP contribution in [0.2, 0.25) is 0 Å². The van der Waals surface area contributed by atoms with E-state index < -0.39 is 10.1 Å². The fourth-order valence-electron chi connectivity index (χ4n) is 3.54. The van der Waals surface area contributed by atoms with Crippen LogP contribution in [0.4, 0.5) is 16.5 Å². The second-order valence-corrected chi connectivity index (χ2v) is 8.13. The van der Waals surface area contributed by atoms with Crippen LogP contribution in [0.15, 0.2) is 32.8 Å². The van der Waals surface area contributed by atoms with Gasteiger partial charge >= 0.3 is 0 Å². The normalized spacial score (nSPS) is 17.3. The van der Waals surface area contributed by atoms with E-state index in [0.29, 0.717) is 17.1 Å². The van der Waals surface area contributed by atoms with Gasteiger partial charge in [0.15, 0.2) is 0 Å². The second kappa shape index (κ2) is 5.91. The Hall–Kier alpha value is -1.84. The van der Waals surface area contributed by atoms with Crippen LogP contribution < -0.4 is 4.90 Å². The minimum Gasteiger partial charge on any atom is -0.371 e. The molecule has 0 saturated carbocycles. The number of aryl methyl sites for hydroxylation is 1. The zero-order chi connectivity index (χ0) is 16.7. The molecule has 0 radical (unpaired) electrons. The monoisotopic (exact) mass is 364 g/mol. The minimum atomic E-state index is -4.39. The smallest absolute Gasteiger partial charge is 0.297 e. The standard InChI is InChI=1S/C15H16N4O3S2/c20-24(21,22)14-11-4-2-7-19-6-1-3-10(13(11)19)9-12(14)17-18-15-16-5-8-23-15/h5,8-9H,1-4,6-7H2,(H,20,21,22). The van der Waals surface area contributed by atoms with Gasteiger partial charge in [-0.1, -0.05) is 0 Å².